The number of aliphatic hydroxyl groups excluding tert-OH is 1. The SMILES string of the molecule is CCc1ccc2c(c1)CC(C)N(CC(F)(F)CO)C2. The summed E-state index contributed by atoms with van der Waals surface area (Å²) in [5, 5.41) is 8.70. The van der Waals surface area contributed by atoms with Crippen LogP contribution in [0, 0.1) is 0 Å². The molecule has 0 aliphatic carbocycles. The molecule has 1 aromatic rings. The molecule has 19 heavy (non-hydrogen) atoms. The third-order valence-electron chi connectivity index (χ3n) is 3.86. The van der Waals surface area contributed by atoms with Crippen LogP contribution in [-0.4, -0.2) is 35.1 Å². The lowest BCUT2D eigenvalue weighted by molar-refractivity contribution is -0.0818. The van der Waals surface area contributed by atoms with E-state index in [2.05, 4.69) is 19.1 Å². The van der Waals surface area contributed by atoms with E-state index in [-0.39, 0.29) is 12.6 Å². The monoisotopic (exact) mass is 269 g/mol. The zero-order chi connectivity index (χ0) is 14.0. The van der Waals surface area contributed by atoms with Crippen molar-refractivity contribution in [2.45, 2.75) is 45.2 Å². The van der Waals surface area contributed by atoms with Gasteiger partial charge in [0.15, 0.2) is 0 Å². The maximum absolute atomic E-state index is 13.3. The zero-order valence-electron chi connectivity index (χ0n) is 11.5. The Morgan fingerprint density at radius 3 is 2.74 bits per heavy atom. The van der Waals surface area contributed by atoms with Crippen molar-refractivity contribution in [2.24, 2.45) is 0 Å². The quantitative estimate of drug-likeness (QED) is 0.908. The van der Waals surface area contributed by atoms with E-state index in [0.29, 0.717) is 6.54 Å². The summed E-state index contributed by atoms with van der Waals surface area (Å²) in [6.45, 7) is 3.16. The van der Waals surface area contributed by atoms with Gasteiger partial charge in [0.1, 0.15) is 6.61 Å². The van der Waals surface area contributed by atoms with Gasteiger partial charge in [-0.2, -0.15) is 0 Å². The minimum Gasteiger partial charge on any atom is -0.390 e. The van der Waals surface area contributed by atoms with E-state index in [1.165, 1.54) is 11.1 Å². The lowest BCUT2D eigenvalue weighted by atomic mass is 9.92. The number of fused-ring (bicyclic) bond motifs is 1. The molecule has 0 bridgehead atoms. The number of nitrogens with zero attached hydrogens (tertiary/aromatic N) is 1. The number of halogens is 2. The van der Waals surface area contributed by atoms with E-state index in [1.54, 1.807) is 4.90 Å². The lowest BCUT2D eigenvalue weighted by Crippen LogP contribution is -2.46. The highest BCUT2D eigenvalue weighted by molar-refractivity contribution is 5.34. The average Bonchev–Trinajstić information content (AvgIpc) is 2.39. The van der Waals surface area contributed by atoms with Crippen molar-refractivity contribution in [1.82, 2.24) is 4.90 Å². The van der Waals surface area contributed by atoms with Gasteiger partial charge >= 0.3 is 0 Å². The van der Waals surface area contributed by atoms with Gasteiger partial charge in [0.25, 0.3) is 5.92 Å². The molecule has 1 N–H and O–H groups in total. The molecule has 1 aliphatic rings. The predicted octanol–water partition coefficient (Wildman–Crippen LogP) is 2.62. The van der Waals surface area contributed by atoms with Crippen LogP contribution in [0.25, 0.3) is 0 Å². The highest BCUT2D eigenvalue weighted by Gasteiger charge is 2.34. The maximum Gasteiger partial charge on any atom is 0.283 e. The van der Waals surface area contributed by atoms with Crippen molar-refractivity contribution in [2.75, 3.05) is 13.2 Å². The zero-order valence-corrected chi connectivity index (χ0v) is 11.5. The Bertz CT molecular complexity index is 448. The van der Waals surface area contributed by atoms with Crippen molar-refractivity contribution in [3.63, 3.8) is 0 Å². The van der Waals surface area contributed by atoms with Gasteiger partial charge in [0.2, 0.25) is 0 Å². The highest BCUT2D eigenvalue weighted by atomic mass is 19.3. The molecular formula is C15H21F2NO. The molecule has 0 fully saturated rings. The molecule has 1 heterocycles. The Hall–Kier alpha value is -1.00. The number of hydrogen-bond donors (Lipinski definition) is 1. The van der Waals surface area contributed by atoms with Crippen LogP contribution in [-0.2, 0) is 19.4 Å². The van der Waals surface area contributed by atoms with Gasteiger partial charge in [-0.25, -0.2) is 8.78 Å². The van der Waals surface area contributed by atoms with Gasteiger partial charge in [-0.05, 0) is 36.5 Å². The minimum atomic E-state index is -3.02. The summed E-state index contributed by atoms with van der Waals surface area (Å²) in [5.41, 5.74) is 3.69. The molecular weight excluding hydrogens is 248 g/mol. The Morgan fingerprint density at radius 2 is 2.11 bits per heavy atom. The van der Waals surface area contributed by atoms with Gasteiger partial charge in [0.05, 0.1) is 6.54 Å². The van der Waals surface area contributed by atoms with Crippen LogP contribution in [0.2, 0.25) is 0 Å². The average molecular weight is 269 g/mol. The summed E-state index contributed by atoms with van der Waals surface area (Å²) in [5.74, 6) is -3.02. The largest absolute Gasteiger partial charge is 0.390 e. The molecule has 1 aliphatic heterocycles. The smallest absolute Gasteiger partial charge is 0.283 e. The first kappa shape index (κ1) is 14.4. The number of aryl methyl sites for hydroxylation is 1. The van der Waals surface area contributed by atoms with Crippen LogP contribution < -0.4 is 0 Å². The third-order valence-corrected chi connectivity index (χ3v) is 3.86. The van der Waals surface area contributed by atoms with Crippen LogP contribution in [0.1, 0.15) is 30.5 Å². The molecule has 0 saturated heterocycles. The first-order valence-electron chi connectivity index (χ1n) is 6.78. The van der Waals surface area contributed by atoms with E-state index >= 15 is 0 Å². The Balaban J connectivity index is 2.15. The van der Waals surface area contributed by atoms with Crippen LogP contribution in [0.5, 0.6) is 0 Å². The molecule has 1 unspecified atom stereocenters. The normalized spacial score (nSPS) is 20.4. The van der Waals surface area contributed by atoms with E-state index in [4.69, 9.17) is 5.11 Å². The number of rotatable bonds is 4. The molecule has 0 saturated carbocycles. The molecule has 0 amide bonds. The van der Waals surface area contributed by atoms with Crippen LogP contribution in [0.3, 0.4) is 0 Å². The van der Waals surface area contributed by atoms with E-state index in [0.717, 1.165) is 18.4 Å². The first-order chi connectivity index (χ1) is 8.95. The fourth-order valence-corrected chi connectivity index (χ4v) is 2.62. The molecule has 1 atom stereocenters. The van der Waals surface area contributed by atoms with Crippen molar-refractivity contribution in [1.29, 1.82) is 0 Å². The standard InChI is InChI=1S/C15H21F2NO/c1-3-12-4-5-13-8-18(9-15(16,17)10-19)11(2)6-14(13)7-12/h4-5,7,11,19H,3,6,8-10H2,1-2H3. The second-order valence-electron chi connectivity index (χ2n) is 5.43. The number of alkyl halides is 2. The van der Waals surface area contributed by atoms with Gasteiger partial charge in [-0.1, -0.05) is 25.1 Å². The number of benzene rings is 1. The second kappa shape index (κ2) is 5.55. The fraction of sp³-hybridized carbons (Fsp3) is 0.600. The highest BCUT2D eigenvalue weighted by Crippen LogP contribution is 2.27. The Labute approximate surface area is 113 Å². The molecule has 0 spiro atoms. The summed E-state index contributed by atoms with van der Waals surface area (Å²) < 4.78 is 26.6. The molecule has 2 rings (SSSR count). The first-order valence-corrected chi connectivity index (χ1v) is 6.78. The number of hydrogen-bond acceptors (Lipinski definition) is 2. The second-order valence-corrected chi connectivity index (χ2v) is 5.43. The van der Waals surface area contributed by atoms with Crippen molar-refractivity contribution in [3.8, 4) is 0 Å². The maximum atomic E-state index is 13.3. The summed E-state index contributed by atoms with van der Waals surface area (Å²) in [4.78, 5) is 1.75. The van der Waals surface area contributed by atoms with Crippen molar-refractivity contribution in [3.05, 3.63) is 34.9 Å². The molecule has 0 aromatic heterocycles. The fourth-order valence-electron chi connectivity index (χ4n) is 2.62. The third kappa shape index (κ3) is 3.31. The van der Waals surface area contributed by atoms with Gasteiger partial charge in [-0.15, -0.1) is 0 Å². The Kier molecular flexibility index (Phi) is 4.21. The molecule has 1 aromatic carbocycles. The minimum absolute atomic E-state index is 0.0806. The molecule has 106 valence electrons. The van der Waals surface area contributed by atoms with Crippen LogP contribution >= 0.6 is 0 Å². The van der Waals surface area contributed by atoms with Gasteiger partial charge < -0.3 is 5.11 Å². The summed E-state index contributed by atoms with van der Waals surface area (Å²) >= 11 is 0. The summed E-state index contributed by atoms with van der Waals surface area (Å²) in [6.07, 6.45) is 1.79. The van der Waals surface area contributed by atoms with E-state index < -0.39 is 12.5 Å². The van der Waals surface area contributed by atoms with Crippen molar-refractivity contribution >= 4 is 0 Å². The van der Waals surface area contributed by atoms with E-state index in [9.17, 15) is 8.78 Å². The molecule has 2 nitrogen and oxygen atoms in total. The molecule has 0 radical (unpaired) electrons. The summed E-state index contributed by atoms with van der Waals surface area (Å²) in [7, 11) is 0. The van der Waals surface area contributed by atoms with Crippen molar-refractivity contribution < 1.29 is 13.9 Å². The lowest BCUT2D eigenvalue weighted by Gasteiger charge is -2.36. The summed E-state index contributed by atoms with van der Waals surface area (Å²) in [6, 6.07) is 6.38. The van der Waals surface area contributed by atoms with Crippen LogP contribution in [0.15, 0.2) is 18.2 Å². The van der Waals surface area contributed by atoms with Crippen LogP contribution in [0.4, 0.5) is 8.78 Å². The Morgan fingerprint density at radius 1 is 1.37 bits per heavy atom. The number of aliphatic hydroxyl groups is 1. The van der Waals surface area contributed by atoms with Gasteiger partial charge in [0, 0.05) is 12.6 Å². The van der Waals surface area contributed by atoms with Gasteiger partial charge in [-0.3, -0.25) is 4.90 Å². The van der Waals surface area contributed by atoms with E-state index in [1.807, 2.05) is 13.0 Å². The predicted molar refractivity (Wildman–Crippen MR) is 71.4 cm³/mol. The topological polar surface area (TPSA) is 23.5 Å². The molecule has 4 heteroatoms.